The van der Waals surface area contributed by atoms with E-state index in [1.807, 2.05) is 18.2 Å². The highest BCUT2D eigenvalue weighted by atomic mass is 16.5. The maximum Gasteiger partial charge on any atom is 0.135 e. The van der Waals surface area contributed by atoms with E-state index in [1.165, 1.54) is 11.1 Å². The van der Waals surface area contributed by atoms with Gasteiger partial charge in [0.05, 0.1) is 6.61 Å². The molecule has 0 saturated carbocycles. The molecule has 0 atom stereocenters. The van der Waals surface area contributed by atoms with Gasteiger partial charge in [-0.2, -0.15) is 0 Å². The summed E-state index contributed by atoms with van der Waals surface area (Å²) < 4.78 is 5.92. The van der Waals surface area contributed by atoms with E-state index in [0.29, 0.717) is 6.61 Å². The van der Waals surface area contributed by atoms with Gasteiger partial charge in [-0.1, -0.05) is 78.9 Å². The molecule has 0 amide bonds. The second-order valence-electron chi connectivity index (χ2n) is 5.73. The predicted molar refractivity (Wildman–Crippen MR) is 99.5 cm³/mol. The summed E-state index contributed by atoms with van der Waals surface area (Å²) in [5.41, 5.74) is 2.41. The average molecular weight is 314 g/mol. The summed E-state index contributed by atoms with van der Waals surface area (Å²) in [6, 6.07) is 27.0. The number of rotatable bonds is 4. The average Bonchev–Trinajstić information content (AvgIpc) is 2.66. The summed E-state index contributed by atoms with van der Waals surface area (Å²) in [5.74, 6) is 0.843. The minimum Gasteiger partial charge on any atom is -0.490 e. The van der Waals surface area contributed by atoms with Crippen molar-refractivity contribution in [1.29, 1.82) is 0 Å². The molecule has 0 spiro atoms. The highest BCUT2D eigenvalue weighted by Gasteiger charge is 2.15. The fourth-order valence-corrected chi connectivity index (χ4v) is 3.31. The van der Waals surface area contributed by atoms with Gasteiger partial charge in [0, 0.05) is 10.8 Å². The first-order chi connectivity index (χ1) is 11.9. The molecule has 0 saturated heterocycles. The van der Waals surface area contributed by atoms with E-state index in [2.05, 4.69) is 60.7 Å². The Kier molecular flexibility index (Phi) is 3.89. The molecule has 0 unspecified atom stereocenters. The van der Waals surface area contributed by atoms with Crippen molar-refractivity contribution in [1.82, 2.24) is 0 Å². The molecule has 0 bridgehead atoms. The Hall–Kier alpha value is -2.84. The molecule has 2 nitrogen and oxygen atoms in total. The summed E-state index contributed by atoms with van der Waals surface area (Å²) >= 11 is 0. The molecule has 0 aliphatic heterocycles. The van der Waals surface area contributed by atoms with Crippen LogP contribution in [0.4, 0.5) is 0 Å². The van der Waals surface area contributed by atoms with Crippen LogP contribution in [-0.2, 0) is 0 Å². The molecule has 0 aliphatic rings. The third-order valence-corrected chi connectivity index (χ3v) is 4.28. The van der Waals surface area contributed by atoms with Crippen LogP contribution in [0.2, 0.25) is 0 Å². The minimum atomic E-state index is 0.00307. The van der Waals surface area contributed by atoms with Crippen LogP contribution in [0.5, 0.6) is 5.75 Å². The van der Waals surface area contributed by atoms with Crippen LogP contribution in [0, 0.1) is 0 Å². The zero-order valence-electron chi connectivity index (χ0n) is 13.3. The Balaban J connectivity index is 2.15. The first kappa shape index (κ1) is 14.7. The summed E-state index contributed by atoms with van der Waals surface area (Å²) in [6.07, 6.45) is 0. The zero-order chi connectivity index (χ0) is 16.4. The van der Waals surface area contributed by atoms with Crippen LogP contribution in [-0.4, -0.2) is 18.3 Å². The van der Waals surface area contributed by atoms with E-state index in [-0.39, 0.29) is 6.61 Å². The predicted octanol–water partition coefficient (Wildman–Crippen LogP) is 5.03. The van der Waals surface area contributed by atoms with E-state index < -0.39 is 0 Å². The molecule has 24 heavy (non-hydrogen) atoms. The van der Waals surface area contributed by atoms with Crippen molar-refractivity contribution in [2.75, 3.05) is 13.2 Å². The molecule has 2 heteroatoms. The summed E-state index contributed by atoms with van der Waals surface area (Å²) in [7, 11) is 0. The topological polar surface area (TPSA) is 29.5 Å². The number of fused-ring (bicyclic) bond motifs is 2. The number of hydrogen-bond acceptors (Lipinski definition) is 2. The molecule has 4 aromatic rings. The zero-order valence-corrected chi connectivity index (χ0v) is 13.3. The second kappa shape index (κ2) is 6.34. The van der Waals surface area contributed by atoms with E-state index in [0.717, 1.165) is 27.3 Å². The van der Waals surface area contributed by atoms with Gasteiger partial charge in [0.1, 0.15) is 12.4 Å². The van der Waals surface area contributed by atoms with Crippen molar-refractivity contribution < 1.29 is 9.84 Å². The molecule has 118 valence electrons. The van der Waals surface area contributed by atoms with Gasteiger partial charge in [-0.05, 0) is 21.9 Å². The second-order valence-corrected chi connectivity index (χ2v) is 5.73. The Morgan fingerprint density at radius 3 is 1.67 bits per heavy atom. The van der Waals surface area contributed by atoms with Gasteiger partial charge in [-0.3, -0.25) is 0 Å². The number of aliphatic hydroxyl groups is 1. The fourth-order valence-electron chi connectivity index (χ4n) is 3.31. The Morgan fingerprint density at radius 2 is 1.12 bits per heavy atom. The highest BCUT2D eigenvalue weighted by molar-refractivity contribution is 6.16. The van der Waals surface area contributed by atoms with Gasteiger partial charge in [-0.25, -0.2) is 0 Å². The smallest absolute Gasteiger partial charge is 0.135 e. The maximum atomic E-state index is 9.18. The summed E-state index contributed by atoms with van der Waals surface area (Å²) in [6.45, 7) is 0.293. The van der Waals surface area contributed by atoms with Crippen molar-refractivity contribution >= 4 is 21.5 Å². The molecule has 4 rings (SSSR count). The van der Waals surface area contributed by atoms with Crippen molar-refractivity contribution in [3.63, 3.8) is 0 Å². The molecule has 0 heterocycles. The van der Waals surface area contributed by atoms with Gasteiger partial charge < -0.3 is 9.84 Å². The number of aliphatic hydroxyl groups excluding tert-OH is 1. The standard InChI is InChI=1S/C22H18O2/c23-14-15-24-22-19-12-6-4-10-17(19)21(16-8-2-1-3-9-16)18-11-5-7-13-20(18)22/h1-13,23H,14-15H2. The summed E-state index contributed by atoms with van der Waals surface area (Å²) in [4.78, 5) is 0. The first-order valence-electron chi connectivity index (χ1n) is 8.12. The van der Waals surface area contributed by atoms with Gasteiger partial charge >= 0.3 is 0 Å². The fraction of sp³-hybridized carbons (Fsp3) is 0.0909. The van der Waals surface area contributed by atoms with Crippen LogP contribution in [0.3, 0.4) is 0 Å². The van der Waals surface area contributed by atoms with Crippen molar-refractivity contribution in [2.45, 2.75) is 0 Å². The highest BCUT2D eigenvalue weighted by Crippen LogP contribution is 2.42. The Bertz CT molecular complexity index is 934. The van der Waals surface area contributed by atoms with Crippen LogP contribution in [0.1, 0.15) is 0 Å². The molecule has 0 aromatic heterocycles. The van der Waals surface area contributed by atoms with Crippen molar-refractivity contribution in [3.05, 3.63) is 78.9 Å². The molecule has 1 N–H and O–H groups in total. The Morgan fingerprint density at radius 1 is 0.625 bits per heavy atom. The third-order valence-electron chi connectivity index (χ3n) is 4.28. The van der Waals surface area contributed by atoms with Gasteiger partial charge in [0.2, 0.25) is 0 Å². The largest absolute Gasteiger partial charge is 0.490 e. The van der Waals surface area contributed by atoms with E-state index in [4.69, 9.17) is 4.74 Å². The molecular formula is C22H18O2. The van der Waals surface area contributed by atoms with E-state index >= 15 is 0 Å². The van der Waals surface area contributed by atoms with Crippen molar-refractivity contribution in [2.24, 2.45) is 0 Å². The van der Waals surface area contributed by atoms with Crippen LogP contribution in [0.25, 0.3) is 32.7 Å². The molecule has 0 fully saturated rings. The number of benzene rings is 4. The Labute approximate surface area is 140 Å². The van der Waals surface area contributed by atoms with Gasteiger partial charge in [0.25, 0.3) is 0 Å². The van der Waals surface area contributed by atoms with Crippen LogP contribution in [0.15, 0.2) is 78.9 Å². The number of hydrogen-bond donors (Lipinski definition) is 1. The van der Waals surface area contributed by atoms with E-state index in [9.17, 15) is 5.11 Å². The summed E-state index contributed by atoms with van der Waals surface area (Å²) in [5, 5.41) is 13.6. The molecule has 0 aliphatic carbocycles. The lowest BCUT2D eigenvalue weighted by atomic mass is 9.91. The lowest BCUT2D eigenvalue weighted by molar-refractivity contribution is 0.204. The lowest BCUT2D eigenvalue weighted by Gasteiger charge is -2.17. The third kappa shape index (κ3) is 2.41. The molecular weight excluding hydrogens is 296 g/mol. The SMILES string of the molecule is OCCOc1c2ccccc2c(-c2ccccc2)c2ccccc12. The quantitative estimate of drug-likeness (QED) is 0.535. The van der Waals surface area contributed by atoms with Gasteiger partial charge in [-0.15, -0.1) is 0 Å². The van der Waals surface area contributed by atoms with Crippen molar-refractivity contribution in [3.8, 4) is 16.9 Å². The van der Waals surface area contributed by atoms with E-state index in [1.54, 1.807) is 0 Å². The van der Waals surface area contributed by atoms with Gasteiger partial charge in [0.15, 0.2) is 0 Å². The van der Waals surface area contributed by atoms with Crippen LogP contribution >= 0.6 is 0 Å². The minimum absolute atomic E-state index is 0.00307. The monoisotopic (exact) mass is 314 g/mol. The van der Waals surface area contributed by atoms with Crippen LogP contribution < -0.4 is 4.74 Å². The number of ether oxygens (including phenoxy) is 1. The molecule has 4 aromatic carbocycles. The molecule has 0 radical (unpaired) electrons. The maximum absolute atomic E-state index is 9.18. The lowest BCUT2D eigenvalue weighted by Crippen LogP contribution is -2.03. The normalized spacial score (nSPS) is 11.0. The first-order valence-corrected chi connectivity index (χ1v) is 8.12.